The quantitative estimate of drug-likeness (QED) is 0.397. The number of nitrogens with zero attached hydrogens (tertiary/aromatic N) is 3. The average molecular weight is 451 g/mol. The fourth-order valence-electron chi connectivity index (χ4n) is 3.51. The highest BCUT2D eigenvalue weighted by molar-refractivity contribution is 7.17. The van der Waals surface area contributed by atoms with Crippen LogP contribution < -0.4 is 5.32 Å². The van der Waals surface area contributed by atoms with Gasteiger partial charge in [0, 0.05) is 37.0 Å². The number of thiophene rings is 1. The summed E-state index contributed by atoms with van der Waals surface area (Å²) in [5, 5.41) is 15.5. The van der Waals surface area contributed by atoms with Crippen LogP contribution >= 0.6 is 11.3 Å². The predicted octanol–water partition coefficient (Wildman–Crippen LogP) is 4.32. The lowest BCUT2D eigenvalue weighted by Gasteiger charge is -2.22. The average Bonchev–Trinajstić information content (AvgIpc) is 3.25. The standard InChI is InChI=1S/C24H23FN4O2S/c25-19-8-6-18(7-9-19)20-15-32-24-22(20)23(27-16-28-24)26-11-10-21(31)29(12-13-30)14-17-4-2-1-3-5-17/h1-9,15-16,30H,10-14H2,(H,26,27,28). The maximum atomic E-state index is 13.3. The van der Waals surface area contributed by atoms with Gasteiger partial charge in [0.25, 0.3) is 0 Å². The van der Waals surface area contributed by atoms with E-state index in [2.05, 4.69) is 15.3 Å². The van der Waals surface area contributed by atoms with E-state index >= 15 is 0 Å². The van der Waals surface area contributed by atoms with E-state index in [1.54, 1.807) is 17.0 Å². The number of hydrogen-bond donors (Lipinski definition) is 2. The van der Waals surface area contributed by atoms with Gasteiger partial charge in [-0.25, -0.2) is 14.4 Å². The van der Waals surface area contributed by atoms with E-state index < -0.39 is 0 Å². The number of benzene rings is 2. The highest BCUT2D eigenvalue weighted by Gasteiger charge is 2.16. The van der Waals surface area contributed by atoms with Gasteiger partial charge in [0.2, 0.25) is 5.91 Å². The molecular formula is C24H23FN4O2S. The van der Waals surface area contributed by atoms with Crippen LogP contribution in [0, 0.1) is 5.82 Å². The lowest BCUT2D eigenvalue weighted by Crippen LogP contribution is -2.34. The second kappa shape index (κ2) is 10.3. The first kappa shape index (κ1) is 21.9. The number of amides is 1. The Morgan fingerprint density at radius 3 is 2.62 bits per heavy atom. The Bertz CT molecular complexity index is 1180. The predicted molar refractivity (Wildman–Crippen MR) is 125 cm³/mol. The van der Waals surface area contributed by atoms with Gasteiger partial charge in [-0.3, -0.25) is 4.79 Å². The molecule has 0 bridgehead atoms. The Morgan fingerprint density at radius 2 is 1.88 bits per heavy atom. The number of anilines is 1. The number of aliphatic hydroxyl groups is 1. The van der Waals surface area contributed by atoms with Crippen molar-refractivity contribution in [1.29, 1.82) is 0 Å². The van der Waals surface area contributed by atoms with Gasteiger partial charge >= 0.3 is 0 Å². The zero-order valence-electron chi connectivity index (χ0n) is 17.4. The number of hydrogen-bond acceptors (Lipinski definition) is 6. The van der Waals surface area contributed by atoms with Gasteiger partial charge in [-0.2, -0.15) is 0 Å². The molecule has 0 atom stereocenters. The van der Waals surface area contributed by atoms with Crippen LogP contribution in [0.4, 0.5) is 10.2 Å². The van der Waals surface area contributed by atoms with Crippen molar-refractivity contribution >= 4 is 33.3 Å². The number of aliphatic hydroxyl groups excluding tert-OH is 1. The minimum absolute atomic E-state index is 0.0511. The molecule has 0 saturated heterocycles. The fraction of sp³-hybridized carbons (Fsp3) is 0.208. The van der Waals surface area contributed by atoms with E-state index in [-0.39, 0.29) is 31.3 Å². The second-order valence-corrected chi connectivity index (χ2v) is 8.12. The van der Waals surface area contributed by atoms with Crippen LogP contribution in [0.15, 0.2) is 66.3 Å². The molecule has 2 aromatic heterocycles. The van der Waals surface area contributed by atoms with Crippen LogP contribution in [0.1, 0.15) is 12.0 Å². The van der Waals surface area contributed by atoms with Gasteiger partial charge in [-0.15, -0.1) is 11.3 Å². The molecule has 0 fully saturated rings. The number of carbonyl (C=O) groups is 1. The molecule has 164 valence electrons. The fourth-order valence-corrected chi connectivity index (χ4v) is 4.43. The van der Waals surface area contributed by atoms with E-state index in [0.29, 0.717) is 18.9 Å². The summed E-state index contributed by atoms with van der Waals surface area (Å²) in [5.41, 5.74) is 2.82. The normalized spacial score (nSPS) is 10.9. The van der Waals surface area contributed by atoms with Crippen molar-refractivity contribution < 1.29 is 14.3 Å². The monoisotopic (exact) mass is 450 g/mol. The highest BCUT2D eigenvalue weighted by atomic mass is 32.1. The summed E-state index contributed by atoms with van der Waals surface area (Å²) < 4.78 is 13.3. The summed E-state index contributed by atoms with van der Waals surface area (Å²) in [4.78, 5) is 24.0. The smallest absolute Gasteiger partial charge is 0.224 e. The number of halogens is 1. The SMILES string of the molecule is O=C(CCNc1ncnc2scc(-c3ccc(F)cc3)c12)N(CCO)Cc1ccccc1. The Kier molecular flexibility index (Phi) is 7.03. The van der Waals surface area contributed by atoms with Crippen molar-refractivity contribution in [3.8, 4) is 11.1 Å². The Morgan fingerprint density at radius 1 is 1.09 bits per heavy atom. The third-order valence-corrected chi connectivity index (χ3v) is 5.98. The van der Waals surface area contributed by atoms with Crippen molar-refractivity contribution in [2.24, 2.45) is 0 Å². The molecule has 0 aliphatic carbocycles. The van der Waals surface area contributed by atoms with Crippen molar-refractivity contribution in [3.05, 3.63) is 77.7 Å². The number of fused-ring (bicyclic) bond motifs is 1. The van der Waals surface area contributed by atoms with E-state index in [9.17, 15) is 14.3 Å². The zero-order valence-corrected chi connectivity index (χ0v) is 18.2. The Balaban J connectivity index is 1.46. The van der Waals surface area contributed by atoms with Gasteiger partial charge in [-0.1, -0.05) is 42.5 Å². The lowest BCUT2D eigenvalue weighted by molar-refractivity contribution is -0.132. The van der Waals surface area contributed by atoms with Crippen LogP contribution in [0.5, 0.6) is 0 Å². The van der Waals surface area contributed by atoms with Crippen molar-refractivity contribution in [1.82, 2.24) is 14.9 Å². The minimum Gasteiger partial charge on any atom is -0.395 e. The largest absolute Gasteiger partial charge is 0.395 e. The van der Waals surface area contributed by atoms with Crippen LogP contribution in [-0.4, -0.2) is 45.6 Å². The van der Waals surface area contributed by atoms with E-state index in [1.807, 2.05) is 35.7 Å². The van der Waals surface area contributed by atoms with E-state index in [1.165, 1.54) is 29.8 Å². The molecule has 0 aliphatic rings. The van der Waals surface area contributed by atoms with Gasteiger partial charge in [0.15, 0.2) is 0 Å². The highest BCUT2D eigenvalue weighted by Crippen LogP contribution is 2.36. The topological polar surface area (TPSA) is 78.4 Å². The first-order valence-electron chi connectivity index (χ1n) is 10.3. The number of nitrogens with one attached hydrogen (secondary N) is 1. The van der Waals surface area contributed by atoms with Crippen molar-refractivity contribution in [2.75, 3.05) is 25.0 Å². The van der Waals surface area contributed by atoms with E-state index in [0.717, 1.165) is 26.9 Å². The molecular weight excluding hydrogens is 427 g/mol. The number of rotatable bonds is 9. The summed E-state index contributed by atoms with van der Waals surface area (Å²) in [6.07, 6.45) is 1.75. The third kappa shape index (κ3) is 5.09. The molecule has 2 N–H and O–H groups in total. The van der Waals surface area contributed by atoms with Crippen molar-refractivity contribution in [2.45, 2.75) is 13.0 Å². The lowest BCUT2D eigenvalue weighted by atomic mass is 10.1. The molecule has 2 aromatic carbocycles. The first-order chi connectivity index (χ1) is 15.7. The molecule has 0 saturated carbocycles. The number of aromatic nitrogens is 2. The first-order valence-corrected chi connectivity index (χ1v) is 11.2. The molecule has 8 heteroatoms. The van der Waals surface area contributed by atoms with Gasteiger partial charge in [0.1, 0.15) is 22.8 Å². The molecule has 2 heterocycles. The molecule has 6 nitrogen and oxygen atoms in total. The van der Waals surface area contributed by atoms with Crippen LogP contribution in [0.3, 0.4) is 0 Å². The summed E-state index contributed by atoms with van der Waals surface area (Å²) in [6.45, 7) is 1.04. The van der Waals surface area contributed by atoms with Crippen LogP contribution in [0.2, 0.25) is 0 Å². The molecule has 32 heavy (non-hydrogen) atoms. The summed E-state index contributed by atoms with van der Waals surface area (Å²) >= 11 is 1.49. The molecule has 0 radical (unpaired) electrons. The molecule has 0 aliphatic heterocycles. The second-order valence-electron chi connectivity index (χ2n) is 7.26. The summed E-state index contributed by atoms with van der Waals surface area (Å²) in [5.74, 6) is 0.300. The molecule has 0 spiro atoms. The van der Waals surface area contributed by atoms with Gasteiger partial charge in [-0.05, 0) is 23.3 Å². The van der Waals surface area contributed by atoms with Gasteiger partial charge in [0.05, 0.1) is 12.0 Å². The van der Waals surface area contributed by atoms with E-state index in [4.69, 9.17) is 0 Å². The van der Waals surface area contributed by atoms with Crippen LogP contribution in [-0.2, 0) is 11.3 Å². The molecule has 4 rings (SSSR count). The minimum atomic E-state index is -0.288. The molecule has 0 unspecified atom stereocenters. The van der Waals surface area contributed by atoms with Gasteiger partial charge < -0.3 is 15.3 Å². The summed E-state index contributed by atoms with van der Waals surface area (Å²) in [7, 11) is 0. The molecule has 1 amide bonds. The Hall–Kier alpha value is -3.36. The maximum Gasteiger partial charge on any atom is 0.224 e. The molecule has 4 aromatic rings. The number of carbonyl (C=O) groups excluding carboxylic acids is 1. The maximum absolute atomic E-state index is 13.3. The Labute approximate surface area is 189 Å². The van der Waals surface area contributed by atoms with Crippen LogP contribution in [0.25, 0.3) is 21.3 Å². The van der Waals surface area contributed by atoms with Crippen molar-refractivity contribution in [3.63, 3.8) is 0 Å². The zero-order chi connectivity index (χ0) is 22.3. The third-order valence-electron chi connectivity index (χ3n) is 5.10. The summed E-state index contributed by atoms with van der Waals surface area (Å²) in [6, 6.07) is 16.0.